The summed E-state index contributed by atoms with van der Waals surface area (Å²) in [6, 6.07) is 3.80. The van der Waals surface area contributed by atoms with Crippen molar-refractivity contribution in [2.45, 2.75) is 31.8 Å². The summed E-state index contributed by atoms with van der Waals surface area (Å²) in [6.07, 6.45) is 3.12. The molecular formula is C15H22N2O3. The van der Waals surface area contributed by atoms with Crippen molar-refractivity contribution in [1.29, 1.82) is 0 Å². The molecule has 0 aromatic carbocycles. The van der Waals surface area contributed by atoms with E-state index in [1.54, 1.807) is 18.1 Å². The number of aryl methyl sites for hydroxylation is 1. The maximum Gasteiger partial charge on any atom is 0.228 e. The number of pyridine rings is 1. The van der Waals surface area contributed by atoms with E-state index in [0.717, 1.165) is 11.3 Å². The molecule has 0 bridgehead atoms. The quantitative estimate of drug-likeness (QED) is 0.890. The summed E-state index contributed by atoms with van der Waals surface area (Å²) in [5.74, 6) is -0.0216. The number of hydrogen-bond donors (Lipinski definition) is 1. The number of ether oxygens (including phenoxy) is 1. The summed E-state index contributed by atoms with van der Waals surface area (Å²) >= 11 is 0. The van der Waals surface area contributed by atoms with Gasteiger partial charge in [0.15, 0.2) is 0 Å². The molecule has 5 nitrogen and oxygen atoms in total. The van der Waals surface area contributed by atoms with E-state index in [-0.39, 0.29) is 12.3 Å². The van der Waals surface area contributed by atoms with E-state index in [2.05, 4.69) is 4.98 Å². The van der Waals surface area contributed by atoms with Gasteiger partial charge >= 0.3 is 0 Å². The zero-order valence-electron chi connectivity index (χ0n) is 12.1. The average Bonchev–Trinajstić information content (AvgIpc) is 2.41. The summed E-state index contributed by atoms with van der Waals surface area (Å²) in [5, 5.41) is 10.4. The van der Waals surface area contributed by atoms with Gasteiger partial charge in [-0.15, -0.1) is 0 Å². The zero-order chi connectivity index (χ0) is 14.6. The SMILES string of the molecule is Cc1cccnc1CC(=O)N(C)CC1(O)CCOCC1. The van der Waals surface area contributed by atoms with E-state index < -0.39 is 5.60 Å². The van der Waals surface area contributed by atoms with Gasteiger partial charge in [0.1, 0.15) is 0 Å². The van der Waals surface area contributed by atoms with Crippen LogP contribution in [-0.2, 0) is 16.0 Å². The fourth-order valence-corrected chi connectivity index (χ4v) is 2.42. The molecular weight excluding hydrogens is 256 g/mol. The lowest BCUT2D eigenvalue weighted by molar-refractivity contribution is -0.136. The lowest BCUT2D eigenvalue weighted by Gasteiger charge is -2.35. The third-order valence-electron chi connectivity index (χ3n) is 3.82. The molecule has 0 spiro atoms. The Morgan fingerprint density at radius 1 is 1.50 bits per heavy atom. The highest BCUT2D eigenvalue weighted by Gasteiger charge is 2.32. The lowest BCUT2D eigenvalue weighted by atomic mass is 9.94. The minimum atomic E-state index is -0.818. The molecule has 2 heterocycles. The molecule has 1 aliphatic heterocycles. The second-order valence-electron chi connectivity index (χ2n) is 5.53. The molecule has 1 N–H and O–H groups in total. The molecule has 0 atom stereocenters. The molecule has 1 fully saturated rings. The standard InChI is InChI=1S/C15H22N2O3/c1-12-4-3-7-16-13(12)10-14(18)17(2)11-15(19)5-8-20-9-6-15/h3-4,7,19H,5-6,8-11H2,1-2H3. The van der Waals surface area contributed by atoms with Crippen molar-refractivity contribution < 1.29 is 14.6 Å². The van der Waals surface area contributed by atoms with Gasteiger partial charge in [0.25, 0.3) is 0 Å². The Morgan fingerprint density at radius 3 is 2.85 bits per heavy atom. The zero-order valence-corrected chi connectivity index (χ0v) is 12.1. The van der Waals surface area contributed by atoms with Crippen molar-refractivity contribution in [2.75, 3.05) is 26.8 Å². The Morgan fingerprint density at radius 2 is 2.20 bits per heavy atom. The third-order valence-corrected chi connectivity index (χ3v) is 3.82. The number of rotatable bonds is 4. The molecule has 2 rings (SSSR count). The number of likely N-dealkylation sites (N-methyl/N-ethyl adjacent to an activating group) is 1. The number of aromatic nitrogens is 1. The molecule has 0 aliphatic carbocycles. The minimum Gasteiger partial charge on any atom is -0.388 e. The van der Waals surface area contributed by atoms with Crippen LogP contribution in [0, 0.1) is 6.92 Å². The predicted molar refractivity (Wildman–Crippen MR) is 75.3 cm³/mol. The maximum atomic E-state index is 12.2. The second kappa shape index (κ2) is 6.33. The van der Waals surface area contributed by atoms with Crippen molar-refractivity contribution in [1.82, 2.24) is 9.88 Å². The van der Waals surface area contributed by atoms with Crippen LogP contribution in [0.5, 0.6) is 0 Å². The summed E-state index contributed by atoms with van der Waals surface area (Å²) in [7, 11) is 1.73. The van der Waals surface area contributed by atoms with Crippen LogP contribution in [0.25, 0.3) is 0 Å². The third kappa shape index (κ3) is 3.77. The molecule has 1 aliphatic rings. The smallest absolute Gasteiger partial charge is 0.228 e. The Bertz CT molecular complexity index is 470. The Hall–Kier alpha value is -1.46. The first kappa shape index (κ1) is 14.9. The molecule has 0 radical (unpaired) electrons. The number of carbonyl (C=O) groups excluding carboxylic acids is 1. The van der Waals surface area contributed by atoms with E-state index >= 15 is 0 Å². The van der Waals surface area contributed by atoms with Crippen molar-refractivity contribution >= 4 is 5.91 Å². The summed E-state index contributed by atoms with van der Waals surface area (Å²) in [5.41, 5.74) is 0.990. The van der Waals surface area contributed by atoms with Gasteiger partial charge in [0.2, 0.25) is 5.91 Å². The van der Waals surface area contributed by atoms with E-state index in [4.69, 9.17) is 4.74 Å². The van der Waals surface area contributed by atoms with Crippen molar-refractivity contribution in [2.24, 2.45) is 0 Å². The molecule has 1 aromatic heterocycles. The molecule has 0 saturated carbocycles. The monoisotopic (exact) mass is 278 g/mol. The first-order valence-corrected chi connectivity index (χ1v) is 6.95. The van der Waals surface area contributed by atoms with Crippen molar-refractivity contribution in [3.8, 4) is 0 Å². The Labute approximate surface area is 119 Å². The van der Waals surface area contributed by atoms with Crippen molar-refractivity contribution in [3.63, 3.8) is 0 Å². The van der Waals surface area contributed by atoms with Crippen LogP contribution in [-0.4, -0.2) is 53.3 Å². The van der Waals surface area contributed by atoms with Crippen LogP contribution in [0.15, 0.2) is 18.3 Å². The summed E-state index contributed by atoms with van der Waals surface area (Å²) < 4.78 is 5.24. The normalized spacial score (nSPS) is 17.8. The summed E-state index contributed by atoms with van der Waals surface area (Å²) in [6.45, 7) is 3.40. The van der Waals surface area contributed by atoms with Gasteiger partial charge in [-0.05, 0) is 18.6 Å². The molecule has 0 unspecified atom stereocenters. The highest BCUT2D eigenvalue weighted by Crippen LogP contribution is 2.21. The number of aliphatic hydroxyl groups is 1. The summed E-state index contributed by atoms with van der Waals surface area (Å²) in [4.78, 5) is 18.1. The van der Waals surface area contributed by atoms with E-state index in [1.165, 1.54) is 0 Å². The topological polar surface area (TPSA) is 62.7 Å². The Kier molecular flexibility index (Phi) is 4.73. The van der Waals surface area contributed by atoms with E-state index in [0.29, 0.717) is 32.6 Å². The molecule has 1 saturated heterocycles. The number of hydrogen-bond acceptors (Lipinski definition) is 4. The highest BCUT2D eigenvalue weighted by atomic mass is 16.5. The Balaban J connectivity index is 1.93. The lowest BCUT2D eigenvalue weighted by Crippen LogP contribution is -2.47. The van der Waals surface area contributed by atoms with Crippen LogP contribution in [0.2, 0.25) is 0 Å². The molecule has 20 heavy (non-hydrogen) atoms. The second-order valence-corrected chi connectivity index (χ2v) is 5.53. The van der Waals surface area contributed by atoms with Crippen molar-refractivity contribution in [3.05, 3.63) is 29.6 Å². The van der Waals surface area contributed by atoms with Gasteiger partial charge in [0.05, 0.1) is 17.7 Å². The van der Waals surface area contributed by atoms with Gasteiger partial charge in [-0.3, -0.25) is 9.78 Å². The molecule has 1 amide bonds. The van der Waals surface area contributed by atoms with Crippen LogP contribution < -0.4 is 0 Å². The largest absolute Gasteiger partial charge is 0.388 e. The molecule has 5 heteroatoms. The molecule has 110 valence electrons. The van der Waals surface area contributed by atoms with Crippen LogP contribution >= 0.6 is 0 Å². The van der Waals surface area contributed by atoms with Gasteiger partial charge in [0, 0.05) is 45.8 Å². The van der Waals surface area contributed by atoms with Crippen LogP contribution in [0.4, 0.5) is 0 Å². The van der Waals surface area contributed by atoms with E-state index in [1.807, 2.05) is 19.1 Å². The highest BCUT2D eigenvalue weighted by molar-refractivity contribution is 5.78. The fourth-order valence-electron chi connectivity index (χ4n) is 2.42. The van der Waals surface area contributed by atoms with Gasteiger partial charge in [-0.25, -0.2) is 0 Å². The average molecular weight is 278 g/mol. The van der Waals surface area contributed by atoms with Crippen LogP contribution in [0.3, 0.4) is 0 Å². The van der Waals surface area contributed by atoms with Gasteiger partial charge < -0.3 is 14.7 Å². The first-order chi connectivity index (χ1) is 9.50. The maximum absolute atomic E-state index is 12.2. The number of amides is 1. The van der Waals surface area contributed by atoms with Crippen LogP contribution in [0.1, 0.15) is 24.1 Å². The van der Waals surface area contributed by atoms with Gasteiger partial charge in [-0.2, -0.15) is 0 Å². The number of carbonyl (C=O) groups is 1. The predicted octanol–water partition coefficient (Wildman–Crippen LogP) is 0.932. The molecule has 1 aromatic rings. The first-order valence-electron chi connectivity index (χ1n) is 6.95. The number of nitrogens with zero attached hydrogens (tertiary/aromatic N) is 2. The van der Waals surface area contributed by atoms with E-state index in [9.17, 15) is 9.90 Å². The minimum absolute atomic E-state index is 0.0216. The fraction of sp³-hybridized carbons (Fsp3) is 0.600. The van der Waals surface area contributed by atoms with Gasteiger partial charge in [-0.1, -0.05) is 6.07 Å².